The van der Waals surface area contributed by atoms with E-state index >= 15 is 0 Å². The van der Waals surface area contributed by atoms with E-state index in [9.17, 15) is 0 Å². The molecule has 0 saturated carbocycles. The van der Waals surface area contributed by atoms with Gasteiger partial charge >= 0.3 is 0 Å². The summed E-state index contributed by atoms with van der Waals surface area (Å²) in [4.78, 5) is 11.9. The summed E-state index contributed by atoms with van der Waals surface area (Å²) in [5.74, 6) is 0.924. The van der Waals surface area contributed by atoms with Crippen molar-refractivity contribution in [2.24, 2.45) is 4.99 Å². The molecule has 0 bridgehead atoms. The summed E-state index contributed by atoms with van der Waals surface area (Å²) in [5.41, 5.74) is 0. The number of nitrogens with one attached hydrogen (secondary N) is 1. The Morgan fingerprint density at radius 2 is 2.47 bits per heavy atom. The lowest BCUT2D eigenvalue weighted by molar-refractivity contribution is -0.0684. The number of hydroxylamine groups is 2. The molecule has 1 unspecified atom stereocenters. The van der Waals surface area contributed by atoms with Gasteiger partial charge in [0.2, 0.25) is 5.96 Å². The molecule has 15 heavy (non-hydrogen) atoms. The van der Waals surface area contributed by atoms with E-state index in [0.29, 0.717) is 6.04 Å². The van der Waals surface area contributed by atoms with Gasteiger partial charge in [-0.25, -0.2) is 10.1 Å². The molecule has 0 aromatic heterocycles. The van der Waals surface area contributed by atoms with E-state index in [1.807, 2.05) is 17.3 Å². The molecular formula is C10H18N4O. The Bertz CT molecular complexity index is 277. The van der Waals surface area contributed by atoms with Crippen LogP contribution in [0, 0.1) is 0 Å². The fourth-order valence-electron chi connectivity index (χ4n) is 1.92. The molecule has 1 N–H and O–H groups in total. The average molecular weight is 210 g/mol. The van der Waals surface area contributed by atoms with E-state index in [1.165, 1.54) is 0 Å². The van der Waals surface area contributed by atoms with Gasteiger partial charge in [0.05, 0.1) is 13.7 Å². The van der Waals surface area contributed by atoms with Crippen LogP contribution in [-0.2, 0) is 4.84 Å². The van der Waals surface area contributed by atoms with E-state index in [2.05, 4.69) is 22.1 Å². The largest absolute Gasteiger partial charge is 0.338 e. The van der Waals surface area contributed by atoms with Crippen LogP contribution in [0.5, 0.6) is 0 Å². The molecule has 1 atom stereocenters. The summed E-state index contributed by atoms with van der Waals surface area (Å²) < 4.78 is 0. The highest BCUT2D eigenvalue weighted by Crippen LogP contribution is 2.08. The Kier molecular flexibility index (Phi) is 3.23. The smallest absolute Gasteiger partial charge is 0.226 e. The molecule has 2 aliphatic rings. The third kappa shape index (κ3) is 2.30. The van der Waals surface area contributed by atoms with E-state index in [1.54, 1.807) is 7.11 Å². The van der Waals surface area contributed by atoms with E-state index in [0.717, 1.165) is 32.1 Å². The van der Waals surface area contributed by atoms with Gasteiger partial charge in [0.25, 0.3) is 0 Å². The van der Waals surface area contributed by atoms with Crippen LogP contribution in [0.15, 0.2) is 17.3 Å². The predicted octanol–water partition coefficient (Wildman–Crippen LogP) is 0.0268. The Hall–Kier alpha value is -1.07. The molecule has 2 rings (SSSR count). The maximum absolute atomic E-state index is 5.28. The van der Waals surface area contributed by atoms with Crippen molar-refractivity contribution >= 4 is 5.96 Å². The molecule has 0 aliphatic carbocycles. The van der Waals surface area contributed by atoms with Crippen molar-refractivity contribution in [3.05, 3.63) is 12.3 Å². The highest BCUT2D eigenvalue weighted by atomic mass is 16.7. The number of rotatable bonds is 1. The minimum Gasteiger partial charge on any atom is -0.338 e. The van der Waals surface area contributed by atoms with Crippen molar-refractivity contribution in [2.45, 2.75) is 13.0 Å². The van der Waals surface area contributed by atoms with E-state index in [4.69, 9.17) is 4.84 Å². The molecule has 5 heteroatoms. The number of guanidine groups is 1. The van der Waals surface area contributed by atoms with E-state index in [-0.39, 0.29) is 0 Å². The lowest BCUT2D eigenvalue weighted by Crippen LogP contribution is -2.55. The maximum atomic E-state index is 5.28. The fraction of sp³-hybridized carbons (Fsp3) is 0.700. The summed E-state index contributed by atoms with van der Waals surface area (Å²) in [7, 11) is 1.68. The number of nitrogens with zero attached hydrogens (tertiary/aromatic N) is 3. The summed E-state index contributed by atoms with van der Waals surface area (Å²) in [5, 5.41) is 5.23. The van der Waals surface area contributed by atoms with Gasteiger partial charge in [0.1, 0.15) is 0 Å². The molecule has 5 nitrogen and oxygen atoms in total. The van der Waals surface area contributed by atoms with Gasteiger partial charge < -0.3 is 10.2 Å². The van der Waals surface area contributed by atoms with Crippen molar-refractivity contribution in [3.8, 4) is 0 Å². The standard InChI is InChI=1S/C10H18N4O/c1-9-8-13(7-5-11-9)10-12-4-3-6-14(10)15-2/h3-4,9,11H,5-8H2,1-2H3. The molecule has 1 fully saturated rings. The first-order valence-electron chi connectivity index (χ1n) is 5.34. The van der Waals surface area contributed by atoms with Gasteiger partial charge in [-0.2, -0.15) is 0 Å². The van der Waals surface area contributed by atoms with Crippen molar-refractivity contribution in [1.29, 1.82) is 0 Å². The third-order valence-electron chi connectivity index (χ3n) is 2.66. The van der Waals surface area contributed by atoms with Gasteiger partial charge in [0.15, 0.2) is 0 Å². The molecule has 0 aromatic rings. The van der Waals surface area contributed by atoms with Crippen LogP contribution in [0.3, 0.4) is 0 Å². The normalized spacial score (nSPS) is 26.8. The van der Waals surface area contributed by atoms with Crippen molar-refractivity contribution < 1.29 is 4.84 Å². The first-order valence-corrected chi connectivity index (χ1v) is 5.34. The molecule has 0 amide bonds. The molecule has 1 saturated heterocycles. The summed E-state index contributed by atoms with van der Waals surface area (Å²) in [6, 6.07) is 0.506. The predicted molar refractivity (Wildman–Crippen MR) is 59.3 cm³/mol. The SMILES string of the molecule is CON1CC=CN=C1N1CCNC(C)C1. The monoisotopic (exact) mass is 210 g/mol. The number of aliphatic imine (C=N–C) groups is 1. The van der Waals surface area contributed by atoms with Gasteiger partial charge in [0, 0.05) is 31.9 Å². The topological polar surface area (TPSA) is 40.1 Å². The minimum atomic E-state index is 0.506. The summed E-state index contributed by atoms with van der Waals surface area (Å²) in [6.07, 6.45) is 3.83. The Morgan fingerprint density at radius 3 is 3.20 bits per heavy atom. The average Bonchev–Trinajstić information content (AvgIpc) is 2.29. The molecule has 0 radical (unpaired) electrons. The zero-order chi connectivity index (χ0) is 10.7. The summed E-state index contributed by atoms with van der Waals surface area (Å²) in [6.45, 7) is 5.92. The van der Waals surface area contributed by atoms with Crippen LogP contribution in [0.2, 0.25) is 0 Å². The second-order valence-electron chi connectivity index (χ2n) is 3.86. The first-order chi connectivity index (χ1) is 7.31. The Morgan fingerprint density at radius 1 is 1.60 bits per heavy atom. The zero-order valence-electron chi connectivity index (χ0n) is 9.31. The number of hydrogen-bond donors (Lipinski definition) is 1. The quantitative estimate of drug-likeness (QED) is 0.663. The van der Waals surface area contributed by atoms with Crippen LogP contribution < -0.4 is 5.32 Å². The second kappa shape index (κ2) is 4.63. The first kappa shape index (κ1) is 10.4. The second-order valence-corrected chi connectivity index (χ2v) is 3.86. The van der Waals surface area contributed by atoms with Gasteiger partial charge in [-0.05, 0) is 13.0 Å². The highest BCUT2D eigenvalue weighted by molar-refractivity contribution is 5.80. The molecule has 84 valence electrons. The molecule has 0 spiro atoms. The van der Waals surface area contributed by atoms with Crippen molar-refractivity contribution in [1.82, 2.24) is 15.3 Å². The lowest BCUT2D eigenvalue weighted by Gasteiger charge is -2.38. The summed E-state index contributed by atoms with van der Waals surface area (Å²) >= 11 is 0. The molecular weight excluding hydrogens is 192 g/mol. The lowest BCUT2D eigenvalue weighted by atomic mass is 10.2. The van der Waals surface area contributed by atoms with Gasteiger partial charge in [-0.1, -0.05) is 0 Å². The molecule has 0 aromatic carbocycles. The van der Waals surface area contributed by atoms with Crippen LogP contribution in [0.4, 0.5) is 0 Å². The Balaban J connectivity index is 2.06. The van der Waals surface area contributed by atoms with Crippen LogP contribution in [-0.4, -0.2) is 55.3 Å². The van der Waals surface area contributed by atoms with Crippen LogP contribution >= 0.6 is 0 Å². The fourth-order valence-corrected chi connectivity index (χ4v) is 1.92. The zero-order valence-corrected chi connectivity index (χ0v) is 9.31. The molecule has 2 heterocycles. The maximum Gasteiger partial charge on any atom is 0.226 e. The van der Waals surface area contributed by atoms with E-state index < -0.39 is 0 Å². The minimum absolute atomic E-state index is 0.506. The van der Waals surface area contributed by atoms with Crippen LogP contribution in [0.25, 0.3) is 0 Å². The van der Waals surface area contributed by atoms with Crippen LogP contribution in [0.1, 0.15) is 6.92 Å². The highest BCUT2D eigenvalue weighted by Gasteiger charge is 2.23. The molecule has 2 aliphatic heterocycles. The van der Waals surface area contributed by atoms with Gasteiger partial charge in [-0.15, -0.1) is 0 Å². The third-order valence-corrected chi connectivity index (χ3v) is 2.66. The number of hydrogen-bond acceptors (Lipinski definition) is 5. The number of piperazine rings is 1. The van der Waals surface area contributed by atoms with Crippen molar-refractivity contribution in [3.63, 3.8) is 0 Å². The van der Waals surface area contributed by atoms with Crippen molar-refractivity contribution in [2.75, 3.05) is 33.3 Å². The Labute approximate surface area is 90.4 Å². The van der Waals surface area contributed by atoms with Gasteiger partial charge in [-0.3, -0.25) is 4.84 Å².